The first kappa shape index (κ1) is 36.3. The zero-order chi connectivity index (χ0) is 31.2. The van der Waals surface area contributed by atoms with E-state index in [9.17, 15) is 4.79 Å². The maximum atomic E-state index is 11.2. The monoisotopic (exact) mass is 644 g/mol. The number of fused-ring (bicyclic) bond motifs is 1. The van der Waals surface area contributed by atoms with Crippen molar-refractivity contribution in [2.45, 2.75) is 54.1 Å². The number of carbonyl (C=O) groups excluding carboxylic acids is 1. The lowest BCUT2D eigenvalue weighted by Crippen LogP contribution is -2.17. The molecular formula is C34H42Cl2N2O6. The molecule has 0 unspecified atom stereocenters. The number of hydrogen-bond donors (Lipinski definition) is 1. The Morgan fingerprint density at radius 1 is 0.795 bits per heavy atom. The van der Waals surface area contributed by atoms with Gasteiger partial charge in [0.2, 0.25) is 0 Å². The number of pyridine rings is 1. The number of carbonyl (C=O) groups is 1. The number of amides is 1. The van der Waals surface area contributed by atoms with Crippen molar-refractivity contribution in [2.75, 3.05) is 31.7 Å². The maximum absolute atomic E-state index is 11.2. The van der Waals surface area contributed by atoms with E-state index in [1.165, 1.54) is 0 Å². The molecule has 0 fully saturated rings. The summed E-state index contributed by atoms with van der Waals surface area (Å²) in [7, 11) is 0. The molecular weight excluding hydrogens is 603 g/mol. The molecule has 1 aromatic heterocycles. The minimum atomic E-state index is -0.470. The molecule has 0 aliphatic rings. The van der Waals surface area contributed by atoms with Crippen LogP contribution in [0.1, 0.15) is 52.8 Å². The van der Waals surface area contributed by atoms with Gasteiger partial charge in [-0.3, -0.25) is 10.3 Å². The molecule has 0 spiro atoms. The lowest BCUT2D eigenvalue weighted by atomic mass is 10.0. The van der Waals surface area contributed by atoms with E-state index in [1.807, 2.05) is 64.2 Å². The molecule has 1 N–H and O–H groups in total. The van der Waals surface area contributed by atoms with E-state index < -0.39 is 6.09 Å². The number of aromatic nitrogens is 1. The third-order valence-electron chi connectivity index (χ3n) is 5.90. The number of halogens is 2. The second-order valence-electron chi connectivity index (χ2n) is 9.56. The average Bonchev–Trinajstić information content (AvgIpc) is 2.95. The molecule has 10 heteroatoms. The molecule has 0 saturated carbocycles. The van der Waals surface area contributed by atoms with Gasteiger partial charge in [-0.2, -0.15) is 0 Å². The van der Waals surface area contributed by atoms with Gasteiger partial charge >= 0.3 is 6.09 Å². The summed E-state index contributed by atoms with van der Waals surface area (Å²) in [6, 6.07) is 19.0. The van der Waals surface area contributed by atoms with Crippen LogP contribution < -0.4 is 24.3 Å². The molecule has 8 nitrogen and oxygen atoms in total. The SMILES string of the molecule is CC(C)OC(=O)Nc1cccc(Cl)c1.CCOc1ccc(Cc2nccc3cc(OCC)c(OCC)cc23)cc1OCC.Cl. The number of benzene rings is 3. The first-order valence-electron chi connectivity index (χ1n) is 14.6. The third-order valence-corrected chi connectivity index (χ3v) is 6.14. The van der Waals surface area contributed by atoms with Crippen LogP contribution in [0, 0.1) is 0 Å². The van der Waals surface area contributed by atoms with Gasteiger partial charge in [-0.05, 0) is 101 Å². The van der Waals surface area contributed by atoms with Crippen LogP contribution in [-0.4, -0.2) is 43.6 Å². The van der Waals surface area contributed by atoms with Crippen molar-refractivity contribution in [3.05, 3.63) is 83.1 Å². The minimum absolute atomic E-state index is 0. The van der Waals surface area contributed by atoms with Gasteiger partial charge in [0, 0.05) is 28.7 Å². The summed E-state index contributed by atoms with van der Waals surface area (Å²) in [5.41, 5.74) is 2.73. The molecule has 0 aliphatic carbocycles. The molecule has 4 aromatic rings. The molecule has 0 aliphatic heterocycles. The third kappa shape index (κ3) is 11.0. The molecule has 3 aromatic carbocycles. The zero-order valence-corrected chi connectivity index (χ0v) is 27.7. The van der Waals surface area contributed by atoms with Crippen molar-refractivity contribution in [1.82, 2.24) is 4.98 Å². The molecule has 44 heavy (non-hydrogen) atoms. The Morgan fingerprint density at radius 2 is 1.41 bits per heavy atom. The van der Waals surface area contributed by atoms with E-state index in [0.717, 1.165) is 45.0 Å². The minimum Gasteiger partial charge on any atom is -0.490 e. The van der Waals surface area contributed by atoms with Crippen molar-refractivity contribution in [3.63, 3.8) is 0 Å². The van der Waals surface area contributed by atoms with Crippen molar-refractivity contribution >= 4 is 46.6 Å². The largest absolute Gasteiger partial charge is 0.490 e. The number of nitrogens with zero attached hydrogens (tertiary/aromatic N) is 1. The predicted molar refractivity (Wildman–Crippen MR) is 180 cm³/mol. The van der Waals surface area contributed by atoms with Crippen LogP contribution in [0.5, 0.6) is 23.0 Å². The smallest absolute Gasteiger partial charge is 0.411 e. The normalized spacial score (nSPS) is 10.3. The van der Waals surface area contributed by atoms with Crippen molar-refractivity contribution < 1.29 is 28.5 Å². The second kappa shape index (κ2) is 18.7. The quantitative estimate of drug-likeness (QED) is 0.164. The molecule has 0 radical (unpaired) electrons. The van der Waals surface area contributed by atoms with Gasteiger partial charge in [0.1, 0.15) is 0 Å². The Labute approximate surface area is 271 Å². The van der Waals surface area contributed by atoms with Gasteiger partial charge in [-0.25, -0.2) is 4.79 Å². The Bertz CT molecular complexity index is 1480. The summed E-state index contributed by atoms with van der Waals surface area (Å²) in [6.45, 7) is 13.8. The van der Waals surface area contributed by atoms with Crippen LogP contribution in [0.3, 0.4) is 0 Å². The standard InChI is InChI=1S/C24H29NO4.C10H12ClNO2.ClH/c1-5-26-21-10-9-17(14-22(21)27-6-2)13-20-19-16-24(29-8-4)23(28-7-3)15-18(19)11-12-25-20;1-7(2)14-10(13)12-9-5-3-4-8(11)6-9;/h9-12,14-16H,5-8,13H2,1-4H3;3-7H,1-2H3,(H,12,13);1H. The van der Waals surface area contributed by atoms with E-state index >= 15 is 0 Å². The first-order valence-corrected chi connectivity index (χ1v) is 14.9. The summed E-state index contributed by atoms with van der Waals surface area (Å²) in [6.07, 6.45) is 1.92. The van der Waals surface area contributed by atoms with Crippen LogP contribution in [0.4, 0.5) is 10.5 Å². The molecule has 4 rings (SSSR count). The summed E-state index contributed by atoms with van der Waals surface area (Å²) >= 11 is 5.74. The van der Waals surface area contributed by atoms with Crippen LogP contribution in [0.15, 0.2) is 66.9 Å². The average molecular weight is 646 g/mol. The van der Waals surface area contributed by atoms with Crippen LogP contribution in [0.2, 0.25) is 5.02 Å². The fourth-order valence-corrected chi connectivity index (χ4v) is 4.43. The van der Waals surface area contributed by atoms with Crippen LogP contribution in [-0.2, 0) is 11.2 Å². The molecule has 238 valence electrons. The summed E-state index contributed by atoms with van der Waals surface area (Å²) < 4.78 is 27.9. The van der Waals surface area contributed by atoms with Gasteiger partial charge in [-0.1, -0.05) is 23.7 Å². The Balaban J connectivity index is 0.000000380. The van der Waals surface area contributed by atoms with E-state index in [-0.39, 0.29) is 18.5 Å². The highest BCUT2D eigenvalue weighted by molar-refractivity contribution is 6.30. The summed E-state index contributed by atoms with van der Waals surface area (Å²) in [4.78, 5) is 15.8. The topological polar surface area (TPSA) is 88.1 Å². The Hall–Kier alpha value is -3.88. The second-order valence-corrected chi connectivity index (χ2v) is 9.99. The van der Waals surface area contributed by atoms with Crippen molar-refractivity contribution in [3.8, 4) is 23.0 Å². The Morgan fingerprint density at radius 3 is 2.02 bits per heavy atom. The fourth-order valence-electron chi connectivity index (χ4n) is 4.24. The molecule has 1 amide bonds. The van der Waals surface area contributed by atoms with Crippen molar-refractivity contribution in [1.29, 1.82) is 0 Å². The lowest BCUT2D eigenvalue weighted by molar-refractivity contribution is 0.130. The van der Waals surface area contributed by atoms with Crippen molar-refractivity contribution in [2.24, 2.45) is 0 Å². The van der Waals surface area contributed by atoms with Crippen LogP contribution in [0.25, 0.3) is 10.8 Å². The fraction of sp³-hybridized carbons (Fsp3) is 0.353. The van der Waals surface area contributed by atoms with Gasteiger partial charge in [-0.15, -0.1) is 12.4 Å². The first-order chi connectivity index (χ1) is 20.8. The number of nitrogens with one attached hydrogen (secondary N) is 1. The van der Waals surface area contributed by atoms with E-state index in [2.05, 4.69) is 16.4 Å². The molecule has 0 saturated heterocycles. The summed E-state index contributed by atoms with van der Waals surface area (Å²) in [5.74, 6) is 3.04. The zero-order valence-electron chi connectivity index (χ0n) is 26.1. The highest BCUT2D eigenvalue weighted by Gasteiger charge is 2.13. The summed E-state index contributed by atoms with van der Waals surface area (Å²) in [5, 5.41) is 5.29. The van der Waals surface area contributed by atoms with E-state index in [1.54, 1.807) is 38.1 Å². The predicted octanol–water partition coefficient (Wildman–Crippen LogP) is 9.14. The van der Waals surface area contributed by atoms with Gasteiger partial charge in [0.25, 0.3) is 0 Å². The van der Waals surface area contributed by atoms with Gasteiger partial charge in [0.15, 0.2) is 23.0 Å². The van der Waals surface area contributed by atoms with Crippen LogP contribution >= 0.6 is 24.0 Å². The number of ether oxygens (including phenoxy) is 5. The highest BCUT2D eigenvalue weighted by atomic mass is 35.5. The maximum Gasteiger partial charge on any atom is 0.411 e. The molecule has 1 heterocycles. The number of rotatable bonds is 12. The van der Waals surface area contributed by atoms with E-state index in [4.69, 9.17) is 35.3 Å². The van der Waals surface area contributed by atoms with Gasteiger partial charge < -0.3 is 23.7 Å². The highest BCUT2D eigenvalue weighted by Crippen LogP contribution is 2.35. The number of anilines is 1. The lowest BCUT2D eigenvalue weighted by Gasteiger charge is -2.15. The van der Waals surface area contributed by atoms with Gasteiger partial charge in [0.05, 0.1) is 38.2 Å². The Kier molecular flexibility index (Phi) is 15.4. The number of hydrogen-bond acceptors (Lipinski definition) is 7. The molecule has 0 atom stereocenters. The van der Waals surface area contributed by atoms with E-state index in [0.29, 0.717) is 43.6 Å². The molecule has 0 bridgehead atoms.